The highest BCUT2D eigenvalue weighted by molar-refractivity contribution is 6.30. The first-order chi connectivity index (χ1) is 14.3. The summed E-state index contributed by atoms with van der Waals surface area (Å²) in [5, 5.41) is 10.4. The second kappa shape index (κ2) is 9.45. The van der Waals surface area contributed by atoms with Gasteiger partial charge in [0.15, 0.2) is 0 Å². The van der Waals surface area contributed by atoms with E-state index in [0.29, 0.717) is 34.3 Å². The Kier molecular flexibility index (Phi) is 6.74. The van der Waals surface area contributed by atoms with Crippen LogP contribution in [0.1, 0.15) is 29.9 Å². The average Bonchev–Trinajstić information content (AvgIpc) is 3.08. The van der Waals surface area contributed by atoms with Crippen molar-refractivity contribution < 1.29 is 14.3 Å². The molecule has 0 fully saturated rings. The Morgan fingerprint density at radius 2 is 1.80 bits per heavy atom. The van der Waals surface area contributed by atoms with Crippen LogP contribution in [0.3, 0.4) is 0 Å². The molecule has 8 heteroatoms. The number of hydrogen-bond acceptors (Lipinski definition) is 4. The molecule has 0 aliphatic carbocycles. The molecular weight excluding hydrogens is 404 g/mol. The molecule has 156 valence electrons. The third kappa shape index (κ3) is 5.39. The first-order valence-electron chi connectivity index (χ1n) is 9.49. The zero-order valence-corrected chi connectivity index (χ0v) is 17.7. The van der Waals surface area contributed by atoms with E-state index in [0.717, 1.165) is 5.69 Å². The SMILES string of the molecule is Cc1c(C(=O)Nc2cccc(NC(=O)OCC(C)C)c2)cnn1-c1cccc(Cl)c1. The molecule has 30 heavy (non-hydrogen) atoms. The summed E-state index contributed by atoms with van der Waals surface area (Å²) in [6.45, 7) is 6.06. The van der Waals surface area contributed by atoms with Crippen molar-refractivity contribution in [2.24, 2.45) is 5.92 Å². The van der Waals surface area contributed by atoms with Crippen molar-refractivity contribution in [2.75, 3.05) is 17.2 Å². The van der Waals surface area contributed by atoms with Gasteiger partial charge in [0.25, 0.3) is 5.91 Å². The van der Waals surface area contributed by atoms with E-state index in [4.69, 9.17) is 16.3 Å². The molecule has 0 saturated carbocycles. The fourth-order valence-corrected chi connectivity index (χ4v) is 2.95. The molecule has 0 radical (unpaired) electrons. The number of halogens is 1. The summed E-state index contributed by atoms with van der Waals surface area (Å²) in [5.74, 6) is -0.0576. The molecule has 0 atom stereocenters. The zero-order valence-electron chi connectivity index (χ0n) is 17.0. The first-order valence-corrected chi connectivity index (χ1v) is 9.87. The van der Waals surface area contributed by atoms with Gasteiger partial charge in [-0.15, -0.1) is 0 Å². The van der Waals surface area contributed by atoms with Crippen LogP contribution in [0, 0.1) is 12.8 Å². The third-order valence-corrected chi connectivity index (χ3v) is 4.46. The summed E-state index contributed by atoms with van der Waals surface area (Å²) >= 11 is 6.05. The van der Waals surface area contributed by atoms with Crippen molar-refractivity contribution in [2.45, 2.75) is 20.8 Å². The lowest BCUT2D eigenvalue weighted by Gasteiger charge is -2.10. The molecule has 7 nitrogen and oxygen atoms in total. The van der Waals surface area contributed by atoms with Crippen molar-refractivity contribution in [1.82, 2.24) is 9.78 Å². The van der Waals surface area contributed by atoms with Crippen molar-refractivity contribution in [1.29, 1.82) is 0 Å². The summed E-state index contributed by atoms with van der Waals surface area (Å²) < 4.78 is 6.77. The molecule has 2 N–H and O–H groups in total. The molecule has 1 aromatic heterocycles. The van der Waals surface area contributed by atoms with Crippen LogP contribution in [0.5, 0.6) is 0 Å². The number of ether oxygens (including phenoxy) is 1. The monoisotopic (exact) mass is 426 g/mol. The highest BCUT2D eigenvalue weighted by atomic mass is 35.5. The Labute approximate surface area is 180 Å². The quantitative estimate of drug-likeness (QED) is 0.560. The maximum atomic E-state index is 12.8. The number of hydrogen-bond donors (Lipinski definition) is 2. The lowest BCUT2D eigenvalue weighted by atomic mass is 10.2. The molecule has 0 bridgehead atoms. The molecule has 0 spiro atoms. The molecule has 2 aromatic carbocycles. The third-order valence-electron chi connectivity index (χ3n) is 4.22. The Balaban J connectivity index is 1.70. The van der Waals surface area contributed by atoms with Crippen molar-refractivity contribution in [3.05, 3.63) is 71.0 Å². The van der Waals surface area contributed by atoms with E-state index in [1.807, 2.05) is 32.9 Å². The van der Waals surface area contributed by atoms with Gasteiger partial charge in [-0.3, -0.25) is 10.1 Å². The lowest BCUT2D eigenvalue weighted by Crippen LogP contribution is -2.17. The molecule has 0 aliphatic rings. The summed E-state index contributed by atoms with van der Waals surface area (Å²) in [6, 6.07) is 14.1. The summed E-state index contributed by atoms with van der Waals surface area (Å²) in [4.78, 5) is 24.6. The summed E-state index contributed by atoms with van der Waals surface area (Å²) in [7, 11) is 0. The van der Waals surface area contributed by atoms with Gasteiger partial charge >= 0.3 is 6.09 Å². The number of carbonyl (C=O) groups excluding carboxylic acids is 2. The number of carbonyl (C=O) groups is 2. The number of nitrogens with one attached hydrogen (secondary N) is 2. The minimum atomic E-state index is -0.536. The van der Waals surface area contributed by atoms with Crippen LogP contribution in [-0.2, 0) is 4.74 Å². The molecule has 3 rings (SSSR count). The Bertz CT molecular complexity index is 1060. The van der Waals surface area contributed by atoms with Crippen LogP contribution in [0.15, 0.2) is 54.7 Å². The maximum Gasteiger partial charge on any atom is 0.411 e. The van der Waals surface area contributed by atoms with Gasteiger partial charge in [0, 0.05) is 16.4 Å². The smallest absolute Gasteiger partial charge is 0.411 e. The summed E-state index contributed by atoms with van der Waals surface area (Å²) in [5.41, 5.74) is 2.95. The van der Waals surface area contributed by atoms with Crippen LogP contribution in [0.25, 0.3) is 5.69 Å². The van der Waals surface area contributed by atoms with Gasteiger partial charge in [-0.1, -0.05) is 37.6 Å². The van der Waals surface area contributed by atoms with Gasteiger partial charge in [-0.2, -0.15) is 5.10 Å². The standard InChI is InChI=1S/C22H23ClN4O3/c1-14(2)13-30-22(29)26-18-8-5-7-17(11-18)25-21(28)20-12-24-27(15(20)3)19-9-4-6-16(23)10-19/h4-12,14H,13H2,1-3H3,(H,25,28)(H,26,29). The van der Waals surface area contributed by atoms with Crippen LogP contribution in [0.4, 0.5) is 16.2 Å². The second-order valence-electron chi connectivity index (χ2n) is 7.19. The molecule has 0 unspecified atom stereocenters. The Morgan fingerprint density at radius 1 is 1.10 bits per heavy atom. The number of anilines is 2. The number of aromatic nitrogens is 2. The van der Waals surface area contributed by atoms with Crippen molar-refractivity contribution in [3.8, 4) is 5.69 Å². The van der Waals surface area contributed by atoms with Crippen molar-refractivity contribution >= 4 is 35.0 Å². The Hall–Kier alpha value is -3.32. The molecule has 2 amide bonds. The number of amides is 2. The number of rotatable bonds is 6. The van der Waals surface area contributed by atoms with E-state index in [-0.39, 0.29) is 11.8 Å². The minimum absolute atomic E-state index is 0.248. The lowest BCUT2D eigenvalue weighted by molar-refractivity contribution is 0.102. The Morgan fingerprint density at radius 3 is 2.50 bits per heavy atom. The zero-order chi connectivity index (χ0) is 21.7. The van der Waals surface area contributed by atoms with E-state index in [2.05, 4.69) is 15.7 Å². The van der Waals surface area contributed by atoms with Gasteiger partial charge < -0.3 is 10.1 Å². The molecule has 0 aliphatic heterocycles. The average molecular weight is 427 g/mol. The van der Waals surface area contributed by atoms with Crippen LogP contribution in [-0.4, -0.2) is 28.4 Å². The maximum absolute atomic E-state index is 12.8. The molecule has 0 saturated heterocycles. The summed E-state index contributed by atoms with van der Waals surface area (Å²) in [6.07, 6.45) is 0.975. The van der Waals surface area contributed by atoms with Gasteiger partial charge in [0.1, 0.15) is 0 Å². The van der Waals surface area contributed by atoms with Crippen LogP contribution in [0.2, 0.25) is 5.02 Å². The predicted molar refractivity (Wildman–Crippen MR) is 118 cm³/mol. The largest absolute Gasteiger partial charge is 0.449 e. The highest BCUT2D eigenvalue weighted by Crippen LogP contribution is 2.20. The number of nitrogens with zero attached hydrogens (tertiary/aromatic N) is 2. The predicted octanol–water partition coefficient (Wildman–Crippen LogP) is 5.29. The normalized spacial score (nSPS) is 10.7. The molecule has 3 aromatic rings. The minimum Gasteiger partial charge on any atom is -0.449 e. The van der Waals surface area contributed by atoms with Crippen molar-refractivity contribution in [3.63, 3.8) is 0 Å². The molecule has 1 heterocycles. The highest BCUT2D eigenvalue weighted by Gasteiger charge is 2.16. The van der Waals surface area contributed by atoms with Crippen LogP contribution < -0.4 is 10.6 Å². The first kappa shape index (κ1) is 21.4. The van der Waals surface area contributed by atoms with E-state index >= 15 is 0 Å². The van der Waals surface area contributed by atoms with Crippen LogP contribution >= 0.6 is 11.6 Å². The second-order valence-corrected chi connectivity index (χ2v) is 7.62. The van der Waals surface area contributed by atoms with Gasteiger partial charge in [-0.05, 0) is 49.2 Å². The van der Waals surface area contributed by atoms with Gasteiger partial charge in [-0.25, -0.2) is 9.48 Å². The topological polar surface area (TPSA) is 85.2 Å². The van der Waals surface area contributed by atoms with E-state index in [1.165, 1.54) is 6.20 Å². The van der Waals surface area contributed by atoms with Gasteiger partial charge in [0.2, 0.25) is 0 Å². The van der Waals surface area contributed by atoms with E-state index in [1.54, 1.807) is 41.1 Å². The fourth-order valence-electron chi connectivity index (χ4n) is 2.77. The van der Waals surface area contributed by atoms with E-state index in [9.17, 15) is 9.59 Å². The van der Waals surface area contributed by atoms with E-state index < -0.39 is 6.09 Å². The van der Waals surface area contributed by atoms with Gasteiger partial charge in [0.05, 0.1) is 29.7 Å². The number of benzene rings is 2. The molecular formula is C22H23ClN4O3. The fraction of sp³-hybridized carbons (Fsp3) is 0.227.